The van der Waals surface area contributed by atoms with E-state index in [0.717, 1.165) is 30.6 Å². The first-order valence-corrected chi connectivity index (χ1v) is 15.8. The zero-order chi connectivity index (χ0) is 26.9. The van der Waals surface area contributed by atoms with Crippen LogP contribution in [-0.2, 0) is 4.74 Å². The van der Waals surface area contributed by atoms with Crippen molar-refractivity contribution in [1.29, 1.82) is 0 Å². The highest BCUT2D eigenvalue weighted by atomic mass is 16.5. The Morgan fingerprint density at radius 2 is 1.63 bits per heavy atom. The first kappa shape index (κ1) is 25.9. The van der Waals surface area contributed by atoms with Gasteiger partial charge >= 0.3 is 0 Å². The van der Waals surface area contributed by atoms with Gasteiger partial charge in [-0.25, -0.2) is 0 Å². The van der Waals surface area contributed by atoms with Crippen LogP contribution in [0.25, 0.3) is 6.08 Å². The number of fused-ring (bicyclic) bond motifs is 5. The van der Waals surface area contributed by atoms with Crippen LogP contribution in [0.4, 0.5) is 0 Å². The fraction of sp³-hybridized carbons (Fsp3) is 0.829. The molecule has 0 amide bonds. The maximum absolute atomic E-state index is 11.7. The third-order valence-electron chi connectivity index (χ3n) is 14.8. The number of hydrogen-bond acceptors (Lipinski definition) is 3. The number of rotatable bonds is 1. The summed E-state index contributed by atoms with van der Waals surface area (Å²) in [5.74, 6) is 3.63. The van der Waals surface area contributed by atoms with Crippen molar-refractivity contribution in [2.75, 3.05) is 6.61 Å². The Labute approximate surface area is 231 Å². The van der Waals surface area contributed by atoms with E-state index in [1.54, 1.807) is 6.26 Å². The van der Waals surface area contributed by atoms with Crippen LogP contribution in [0.5, 0.6) is 0 Å². The van der Waals surface area contributed by atoms with Gasteiger partial charge in [-0.15, -0.1) is 0 Å². The van der Waals surface area contributed by atoms with Crippen molar-refractivity contribution in [3.05, 3.63) is 29.7 Å². The third-order valence-corrected chi connectivity index (χ3v) is 14.8. The summed E-state index contributed by atoms with van der Waals surface area (Å²) in [6.07, 6.45) is 15.6. The van der Waals surface area contributed by atoms with Crippen LogP contribution in [0.3, 0.4) is 0 Å². The highest BCUT2D eigenvalue weighted by molar-refractivity contribution is 5.50. The van der Waals surface area contributed by atoms with E-state index >= 15 is 0 Å². The highest BCUT2D eigenvalue weighted by Gasteiger charge is 2.73. The Bertz CT molecular complexity index is 1130. The Morgan fingerprint density at radius 3 is 2.37 bits per heavy atom. The lowest BCUT2D eigenvalue weighted by Crippen LogP contribution is -2.68. The topological polar surface area (TPSA) is 42.6 Å². The molecule has 2 heterocycles. The van der Waals surface area contributed by atoms with Crippen molar-refractivity contribution in [2.45, 2.75) is 118 Å². The molecule has 1 saturated heterocycles. The molecular formula is C35H52O3. The van der Waals surface area contributed by atoms with Crippen LogP contribution >= 0.6 is 0 Å². The molecule has 1 N–H and O–H groups in total. The molecule has 0 spiro atoms. The first-order valence-electron chi connectivity index (χ1n) is 15.8. The predicted molar refractivity (Wildman–Crippen MR) is 152 cm³/mol. The van der Waals surface area contributed by atoms with Crippen LogP contribution in [0.1, 0.15) is 112 Å². The van der Waals surface area contributed by atoms with E-state index in [1.165, 1.54) is 56.9 Å². The lowest BCUT2D eigenvalue weighted by molar-refractivity contribution is -0.245. The van der Waals surface area contributed by atoms with Crippen LogP contribution in [0.2, 0.25) is 0 Å². The molecule has 0 radical (unpaired) electrons. The van der Waals surface area contributed by atoms with Gasteiger partial charge in [0.05, 0.1) is 25.1 Å². The minimum absolute atomic E-state index is 0.137. The van der Waals surface area contributed by atoms with Crippen molar-refractivity contribution in [1.82, 2.24) is 0 Å². The summed E-state index contributed by atoms with van der Waals surface area (Å²) < 4.78 is 12.5. The summed E-state index contributed by atoms with van der Waals surface area (Å²) >= 11 is 0. The third kappa shape index (κ3) is 3.05. The maximum atomic E-state index is 11.7. The standard InChI is InChI=1S/C35H52O3/c1-30(2)14-16-35-17-15-33(6)24(27(35)29(30)38-21-35)10-11-26-32(5)20-22(19-23-9-8-18-37-23)28(36)31(3,4)25(32)12-13-34(26,33)7/h8-9,18-19,24-29,36H,10-17,20-21H2,1-7H3/b22-19+/t24-,25-,26-,27-,28+,29-,32+,33-,34-,35-/m1/s1. The number of aliphatic hydroxyl groups is 1. The van der Waals surface area contributed by atoms with Crippen molar-refractivity contribution < 1.29 is 14.3 Å². The van der Waals surface area contributed by atoms with Crippen molar-refractivity contribution in [3.8, 4) is 0 Å². The summed E-state index contributed by atoms with van der Waals surface area (Å²) in [7, 11) is 0. The van der Waals surface area contributed by atoms with Gasteiger partial charge in [0.25, 0.3) is 0 Å². The Morgan fingerprint density at radius 1 is 0.868 bits per heavy atom. The quantitative estimate of drug-likeness (QED) is 0.403. The Balaban J connectivity index is 1.28. The number of hydrogen-bond donors (Lipinski definition) is 1. The zero-order valence-electron chi connectivity index (χ0n) is 25.1. The van der Waals surface area contributed by atoms with E-state index in [-0.39, 0.29) is 10.8 Å². The van der Waals surface area contributed by atoms with E-state index in [1.807, 2.05) is 12.1 Å². The zero-order valence-corrected chi connectivity index (χ0v) is 25.1. The molecule has 3 heteroatoms. The summed E-state index contributed by atoms with van der Waals surface area (Å²) in [6, 6.07) is 3.98. The van der Waals surface area contributed by atoms with Gasteiger partial charge in [0.1, 0.15) is 5.76 Å². The first-order chi connectivity index (χ1) is 17.8. The number of furan rings is 1. The second-order valence-corrected chi connectivity index (χ2v) is 16.9. The minimum atomic E-state index is -0.409. The van der Waals surface area contributed by atoms with Crippen molar-refractivity contribution >= 4 is 6.08 Å². The molecule has 5 aliphatic carbocycles. The van der Waals surface area contributed by atoms with Gasteiger partial charge < -0.3 is 14.3 Å². The average molecular weight is 521 g/mol. The summed E-state index contributed by atoms with van der Waals surface area (Å²) in [6.45, 7) is 18.7. The molecule has 1 aliphatic heterocycles. The second-order valence-electron chi connectivity index (χ2n) is 16.9. The van der Waals surface area contributed by atoms with Gasteiger partial charge in [0, 0.05) is 0 Å². The van der Waals surface area contributed by atoms with Gasteiger partial charge in [-0.1, -0.05) is 48.5 Å². The van der Waals surface area contributed by atoms with Crippen molar-refractivity contribution in [2.24, 2.45) is 56.2 Å². The molecule has 5 saturated carbocycles. The molecule has 0 aromatic carbocycles. The van der Waals surface area contributed by atoms with Gasteiger partial charge in [-0.2, -0.15) is 0 Å². The van der Waals surface area contributed by atoms with Crippen LogP contribution in [0.15, 0.2) is 28.4 Å². The van der Waals surface area contributed by atoms with Gasteiger partial charge in [0.15, 0.2) is 0 Å². The lowest BCUT2D eigenvalue weighted by Gasteiger charge is -2.73. The second kappa shape index (κ2) is 7.81. The molecule has 1 aromatic rings. The summed E-state index contributed by atoms with van der Waals surface area (Å²) in [5, 5.41) is 11.7. The lowest BCUT2D eigenvalue weighted by atomic mass is 9.31. The fourth-order valence-corrected chi connectivity index (χ4v) is 12.7. The van der Waals surface area contributed by atoms with E-state index in [0.29, 0.717) is 39.6 Å². The van der Waals surface area contributed by atoms with E-state index in [2.05, 4.69) is 54.5 Å². The fourth-order valence-electron chi connectivity index (χ4n) is 12.7. The average Bonchev–Trinajstić information content (AvgIpc) is 3.47. The number of aliphatic hydroxyl groups excluding tert-OH is 1. The molecule has 1 aromatic heterocycles. The maximum Gasteiger partial charge on any atom is 0.126 e. The van der Waals surface area contributed by atoms with E-state index in [9.17, 15) is 5.11 Å². The predicted octanol–water partition coefficient (Wildman–Crippen LogP) is 8.52. The highest BCUT2D eigenvalue weighted by Crippen LogP contribution is 2.78. The molecular weight excluding hydrogens is 468 g/mol. The van der Waals surface area contributed by atoms with Crippen LogP contribution in [-0.4, -0.2) is 23.9 Å². The summed E-state index contributed by atoms with van der Waals surface area (Å²) in [5.41, 5.74) is 2.69. The molecule has 7 rings (SSSR count). The largest absolute Gasteiger partial charge is 0.465 e. The molecule has 6 fully saturated rings. The normalized spacial score (nSPS) is 53.5. The molecule has 10 atom stereocenters. The molecule has 0 unspecified atom stereocenters. The van der Waals surface area contributed by atoms with Gasteiger partial charge in [0.2, 0.25) is 0 Å². The molecule has 2 bridgehead atoms. The van der Waals surface area contributed by atoms with Crippen LogP contribution < -0.4 is 0 Å². The Kier molecular flexibility index (Phi) is 5.32. The minimum Gasteiger partial charge on any atom is -0.465 e. The van der Waals surface area contributed by atoms with Gasteiger partial charge in [-0.3, -0.25) is 0 Å². The van der Waals surface area contributed by atoms with E-state index < -0.39 is 6.10 Å². The summed E-state index contributed by atoms with van der Waals surface area (Å²) in [4.78, 5) is 0. The number of ether oxygens (including phenoxy) is 1. The SMILES string of the molecule is CC1(C)CC[C@]23CC[C@]4(C)[C@H](CC[C@@H]5[C@@]6(C)C/C(=C\c7ccco7)[C@H](O)C(C)(C)[C@H]6CC[C@]54C)[C@@H]2[C@H]1OC3. The molecule has 38 heavy (non-hydrogen) atoms. The molecule has 3 nitrogen and oxygen atoms in total. The van der Waals surface area contributed by atoms with Crippen molar-refractivity contribution in [3.63, 3.8) is 0 Å². The van der Waals surface area contributed by atoms with Gasteiger partial charge in [-0.05, 0) is 138 Å². The van der Waals surface area contributed by atoms with Crippen LogP contribution in [0, 0.1) is 56.2 Å². The van der Waals surface area contributed by atoms with E-state index in [4.69, 9.17) is 9.15 Å². The smallest absolute Gasteiger partial charge is 0.126 e. The molecule has 6 aliphatic rings. The Hall–Kier alpha value is -1.06. The molecule has 210 valence electrons. The monoisotopic (exact) mass is 520 g/mol.